The van der Waals surface area contributed by atoms with E-state index in [2.05, 4.69) is 6.58 Å². The van der Waals surface area contributed by atoms with Crippen molar-refractivity contribution in [2.24, 2.45) is 0 Å². The molecule has 0 N–H and O–H groups in total. The van der Waals surface area contributed by atoms with Crippen LogP contribution in [0.5, 0.6) is 5.75 Å². The molecule has 0 aliphatic heterocycles. The van der Waals surface area contributed by atoms with Gasteiger partial charge in [0.2, 0.25) is 10.0 Å². The lowest BCUT2D eigenvalue weighted by atomic mass is 10.3. The van der Waals surface area contributed by atoms with Crippen LogP contribution in [0, 0.1) is 0 Å². The fraction of sp³-hybridized carbons (Fsp3) is 0.385. The molecule has 0 saturated heterocycles. The molecule has 1 aromatic carbocycles. The SMILES string of the molecule is C=C(C)CN(CC)S(=O)(=O)c1ccccc1OC. The molecule has 0 radical (unpaired) electrons. The maximum atomic E-state index is 12.5. The topological polar surface area (TPSA) is 46.6 Å². The number of likely N-dealkylation sites (N-methyl/N-ethyl adjacent to an activating group) is 1. The molecule has 0 bridgehead atoms. The van der Waals surface area contributed by atoms with Gasteiger partial charge in [-0.05, 0) is 19.1 Å². The highest BCUT2D eigenvalue weighted by Gasteiger charge is 2.25. The van der Waals surface area contributed by atoms with E-state index in [4.69, 9.17) is 4.74 Å². The molecule has 0 heterocycles. The minimum atomic E-state index is -3.54. The summed E-state index contributed by atoms with van der Waals surface area (Å²) in [6, 6.07) is 6.62. The molecule has 5 heteroatoms. The van der Waals surface area contributed by atoms with Crippen molar-refractivity contribution in [1.29, 1.82) is 0 Å². The highest BCUT2D eigenvalue weighted by Crippen LogP contribution is 2.26. The lowest BCUT2D eigenvalue weighted by Gasteiger charge is -2.21. The van der Waals surface area contributed by atoms with Crippen molar-refractivity contribution < 1.29 is 13.2 Å². The Morgan fingerprint density at radius 2 is 2.00 bits per heavy atom. The van der Waals surface area contributed by atoms with Gasteiger partial charge in [-0.1, -0.05) is 31.2 Å². The zero-order chi connectivity index (χ0) is 13.8. The van der Waals surface area contributed by atoms with E-state index < -0.39 is 10.0 Å². The van der Waals surface area contributed by atoms with Gasteiger partial charge in [-0.15, -0.1) is 0 Å². The number of methoxy groups -OCH3 is 1. The normalized spacial score (nSPS) is 11.6. The third-order valence-corrected chi connectivity index (χ3v) is 4.45. The summed E-state index contributed by atoms with van der Waals surface area (Å²) in [6.45, 7) is 8.08. The monoisotopic (exact) mass is 269 g/mol. The number of hydrogen-bond acceptors (Lipinski definition) is 3. The van der Waals surface area contributed by atoms with E-state index in [9.17, 15) is 8.42 Å². The van der Waals surface area contributed by atoms with Gasteiger partial charge in [0.25, 0.3) is 0 Å². The number of hydrogen-bond donors (Lipinski definition) is 0. The Hall–Kier alpha value is -1.33. The molecule has 0 aliphatic rings. The second kappa shape index (κ2) is 6.02. The Morgan fingerprint density at radius 1 is 1.39 bits per heavy atom. The van der Waals surface area contributed by atoms with Crippen molar-refractivity contribution >= 4 is 10.0 Å². The number of nitrogens with zero attached hydrogens (tertiary/aromatic N) is 1. The van der Waals surface area contributed by atoms with Crippen molar-refractivity contribution in [3.63, 3.8) is 0 Å². The van der Waals surface area contributed by atoms with E-state index in [1.807, 2.05) is 0 Å². The molecular formula is C13H19NO3S. The number of para-hydroxylation sites is 1. The molecule has 4 nitrogen and oxygen atoms in total. The molecule has 0 amide bonds. The Balaban J connectivity index is 3.22. The van der Waals surface area contributed by atoms with Gasteiger partial charge < -0.3 is 4.74 Å². The number of benzene rings is 1. The summed E-state index contributed by atoms with van der Waals surface area (Å²) in [5, 5.41) is 0. The molecular weight excluding hydrogens is 250 g/mol. The summed E-state index contributed by atoms with van der Waals surface area (Å²) < 4.78 is 31.5. The third-order valence-electron chi connectivity index (χ3n) is 2.49. The summed E-state index contributed by atoms with van der Waals surface area (Å²) in [5.74, 6) is 0.359. The highest BCUT2D eigenvalue weighted by molar-refractivity contribution is 7.89. The molecule has 0 unspecified atom stereocenters. The van der Waals surface area contributed by atoms with Gasteiger partial charge in [-0.2, -0.15) is 4.31 Å². The van der Waals surface area contributed by atoms with Crippen molar-refractivity contribution in [2.45, 2.75) is 18.7 Å². The number of ether oxygens (including phenoxy) is 1. The first-order valence-electron chi connectivity index (χ1n) is 5.71. The smallest absolute Gasteiger partial charge is 0.247 e. The predicted molar refractivity (Wildman–Crippen MR) is 72.2 cm³/mol. The Bertz CT molecular complexity index is 523. The average Bonchev–Trinajstić information content (AvgIpc) is 2.35. The Kier molecular flexibility index (Phi) is 4.93. The van der Waals surface area contributed by atoms with Crippen LogP contribution in [-0.2, 0) is 10.0 Å². The molecule has 0 spiro atoms. The van der Waals surface area contributed by atoms with Gasteiger partial charge in [0, 0.05) is 13.1 Å². The maximum absolute atomic E-state index is 12.5. The van der Waals surface area contributed by atoms with Gasteiger partial charge in [0.1, 0.15) is 10.6 Å². The van der Waals surface area contributed by atoms with E-state index in [-0.39, 0.29) is 4.90 Å². The largest absolute Gasteiger partial charge is 0.495 e. The van der Waals surface area contributed by atoms with Crippen molar-refractivity contribution in [2.75, 3.05) is 20.2 Å². The van der Waals surface area contributed by atoms with Crippen molar-refractivity contribution in [1.82, 2.24) is 4.31 Å². The fourth-order valence-corrected chi connectivity index (χ4v) is 3.30. The first-order chi connectivity index (χ1) is 8.43. The molecule has 0 saturated carbocycles. The Morgan fingerprint density at radius 3 is 2.50 bits per heavy atom. The van der Waals surface area contributed by atoms with Crippen LogP contribution in [0.25, 0.3) is 0 Å². The van der Waals surface area contributed by atoms with Crippen LogP contribution in [0.3, 0.4) is 0 Å². The maximum Gasteiger partial charge on any atom is 0.247 e. The van der Waals surface area contributed by atoms with Crippen molar-refractivity contribution in [3.05, 3.63) is 36.4 Å². The van der Waals surface area contributed by atoms with Crippen LogP contribution in [-0.4, -0.2) is 32.9 Å². The van der Waals surface area contributed by atoms with E-state index in [0.29, 0.717) is 18.8 Å². The van der Waals surface area contributed by atoms with Gasteiger partial charge in [-0.3, -0.25) is 0 Å². The number of sulfonamides is 1. The molecule has 1 aromatic rings. The zero-order valence-corrected chi connectivity index (χ0v) is 11.8. The second-order valence-corrected chi connectivity index (χ2v) is 5.95. The molecule has 0 atom stereocenters. The van der Waals surface area contributed by atoms with Crippen LogP contribution in [0.15, 0.2) is 41.3 Å². The lowest BCUT2D eigenvalue weighted by Crippen LogP contribution is -2.32. The van der Waals surface area contributed by atoms with Crippen LogP contribution in [0.1, 0.15) is 13.8 Å². The molecule has 0 aromatic heterocycles. The van der Waals surface area contributed by atoms with Crippen LogP contribution in [0.4, 0.5) is 0 Å². The molecule has 0 fully saturated rings. The average molecular weight is 269 g/mol. The molecule has 100 valence electrons. The summed E-state index contributed by atoms with van der Waals surface area (Å²) in [6.07, 6.45) is 0. The molecule has 1 rings (SSSR count). The van der Waals surface area contributed by atoms with E-state index >= 15 is 0 Å². The standard InChI is InChI=1S/C13H19NO3S/c1-5-14(10-11(2)3)18(15,16)13-9-7-6-8-12(13)17-4/h6-9H,2,5,10H2,1,3-4H3. The summed E-state index contributed by atoms with van der Waals surface area (Å²) in [5.41, 5.74) is 0.801. The predicted octanol–water partition coefficient (Wildman–Crippen LogP) is 2.28. The Labute approximate surface area is 109 Å². The summed E-state index contributed by atoms with van der Waals surface area (Å²) in [4.78, 5) is 0.190. The van der Waals surface area contributed by atoms with E-state index in [0.717, 1.165) is 5.57 Å². The first kappa shape index (κ1) is 14.7. The van der Waals surface area contributed by atoms with Gasteiger partial charge in [0.05, 0.1) is 7.11 Å². The highest BCUT2D eigenvalue weighted by atomic mass is 32.2. The minimum absolute atomic E-state index is 0.190. The van der Waals surface area contributed by atoms with Gasteiger partial charge >= 0.3 is 0 Å². The molecule has 0 aliphatic carbocycles. The lowest BCUT2D eigenvalue weighted by molar-refractivity contribution is 0.396. The van der Waals surface area contributed by atoms with Crippen LogP contribution in [0.2, 0.25) is 0 Å². The summed E-state index contributed by atoms with van der Waals surface area (Å²) in [7, 11) is -2.08. The minimum Gasteiger partial charge on any atom is -0.495 e. The third kappa shape index (κ3) is 3.11. The van der Waals surface area contributed by atoms with Gasteiger partial charge in [-0.25, -0.2) is 8.42 Å². The summed E-state index contributed by atoms with van der Waals surface area (Å²) >= 11 is 0. The van der Waals surface area contributed by atoms with Crippen molar-refractivity contribution in [3.8, 4) is 5.75 Å². The molecule has 18 heavy (non-hydrogen) atoms. The van der Waals surface area contributed by atoms with E-state index in [1.165, 1.54) is 11.4 Å². The second-order valence-electron chi connectivity index (χ2n) is 4.04. The van der Waals surface area contributed by atoms with Crippen LogP contribution >= 0.6 is 0 Å². The van der Waals surface area contributed by atoms with Gasteiger partial charge in [0.15, 0.2) is 0 Å². The van der Waals surface area contributed by atoms with E-state index in [1.54, 1.807) is 38.1 Å². The quantitative estimate of drug-likeness (QED) is 0.744. The first-order valence-corrected chi connectivity index (χ1v) is 7.15. The number of rotatable bonds is 6. The zero-order valence-electron chi connectivity index (χ0n) is 11.0. The van der Waals surface area contributed by atoms with Crippen LogP contribution < -0.4 is 4.74 Å². The fourth-order valence-electron chi connectivity index (χ4n) is 1.64.